The molecule has 0 aliphatic heterocycles. The summed E-state index contributed by atoms with van der Waals surface area (Å²) < 4.78 is 27.5. The molecule has 96 valence electrons. The summed E-state index contributed by atoms with van der Waals surface area (Å²) >= 11 is 4.57. The number of hydrogen-bond acceptors (Lipinski definition) is 2. The van der Waals surface area contributed by atoms with Crippen LogP contribution in [0.1, 0.15) is 23.7 Å². The second-order valence-electron chi connectivity index (χ2n) is 3.97. The van der Waals surface area contributed by atoms with Gasteiger partial charge in [-0.15, -0.1) is 0 Å². The van der Waals surface area contributed by atoms with Gasteiger partial charge < -0.3 is 5.11 Å². The first kappa shape index (κ1) is 13.6. The second kappa shape index (κ2) is 5.91. The molecule has 1 heterocycles. The zero-order valence-electron chi connectivity index (χ0n) is 9.37. The van der Waals surface area contributed by atoms with E-state index in [1.165, 1.54) is 0 Å². The van der Waals surface area contributed by atoms with E-state index in [2.05, 4.69) is 15.9 Å². The van der Waals surface area contributed by atoms with E-state index in [9.17, 15) is 13.9 Å². The number of hydrogen-bond donors (Lipinski definition) is 1. The van der Waals surface area contributed by atoms with Gasteiger partial charge in [0.25, 0.3) is 0 Å². The van der Waals surface area contributed by atoms with Crippen molar-refractivity contribution in [2.24, 2.45) is 0 Å². The Labute approximate surface area is 116 Å². The summed E-state index contributed by atoms with van der Waals surface area (Å²) in [5, 5.41) is 13.8. The number of benzene rings is 1. The Balaban J connectivity index is 2.11. The van der Waals surface area contributed by atoms with Crippen LogP contribution in [0, 0.1) is 11.6 Å². The molecule has 0 saturated carbocycles. The largest absolute Gasteiger partial charge is 0.388 e. The van der Waals surface area contributed by atoms with E-state index in [4.69, 9.17) is 0 Å². The molecule has 0 bridgehead atoms. The Bertz CT molecular complexity index is 505. The molecule has 5 heteroatoms. The van der Waals surface area contributed by atoms with Crippen LogP contribution in [0.4, 0.5) is 8.78 Å². The van der Waals surface area contributed by atoms with Crippen molar-refractivity contribution in [2.75, 3.05) is 0 Å². The molecule has 1 aromatic carbocycles. The van der Waals surface area contributed by atoms with E-state index < -0.39 is 17.7 Å². The van der Waals surface area contributed by atoms with E-state index in [1.807, 2.05) is 16.8 Å². The summed E-state index contributed by atoms with van der Waals surface area (Å²) in [6.45, 7) is 0. The topological polar surface area (TPSA) is 20.2 Å². The van der Waals surface area contributed by atoms with Crippen LogP contribution in [0.5, 0.6) is 0 Å². The number of thiophene rings is 1. The predicted molar refractivity (Wildman–Crippen MR) is 71.7 cm³/mol. The molecule has 0 aliphatic carbocycles. The monoisotopic (exact) mass is 332 g/mol. The van der Waals surface area contributed by atoms with Crippen molar-refractivity contribution in [3.05, 3.63) is 56.2 Å². The maximum absolute atomic E-state index is 13.6. The van der Waals surface area contributed by atoms with Gasteiger partial charge >= 0.3 is 0 Å². The van der Waals surface area contributed by atoms with Gasteiger partial charge in [-0.05, 0) is 47.4 Å². The van der Waals surface area contributed by atoms with Gasteiger partial charge in [-0.1, -0.05) is 15.9 Å². The van der Waals surface area contributed by atoms with Gasteiger partial charge in [0.2, 0.25) is 0 Å². The fourth-order valence-electron chi connectivity index (χ4n) is 1.75. The second-order valence-corrected chi connectivity index (χ2v) is 5.66. The highest BCUT2D eigenvalue weighted by Crippen LogP contribution is 2.27. The molecule has 0 fully saturated rings. The molecule has 0 aliphatic rings. The van der Waals surface area contributed by atoms with Crippen LogP contribution in [0.25, 0.3) is 0 Å². The third-order valence-electron chi connectivity index (χ3n) is 2.66. The van der Waals surface area contributed by atoms with Gasteiger partial charge in [0.15, 0.2) is 0 Å². The van der Waals surface area contributed by atoms with Crippen molar-refractivity contribution in [1.82, 2.24) is 0 Å². The molecule has 1 unspecified atom stereocenters. The Morgan fingerprint density at radius 3 is 2.50 bits per heavy atom. The summed E-state index contributed by atoms with van der Waals surface area (Å²) in [6.07, 6.45) is -0.232. The lowest BCUT2D eigenvalue weighted by Gasteiger charge is -2.13. The van der Waals surface area contributed by atoms with Crippen molar-refractivity contribution in [2.45, 2.75) is 18.9 Å². The number of aliphatic hydroxyl groups excluding tert-OH is 1. The van der Waals surface area contributed by atoms with Crippen LogP contribution in [0.15, 0.2) is 33.4 Å². The standard InChI is InChI=1S/C13H11BrF2OS/c14-9-5-10(15)13(11(16)6-9)12(17)2-1-8-3-4-18-7-8/h3-7,12,17H,1-2H2. The first-order valence-corrected chi connectivity index (χ1v) is 7.15. The third kappa shape index (κ3) is 3.16. The maximum atomic E-state index is 13.6. The Hall–Kier alpha value is -0.780. The minimum atomic E-state index is -1.13. The minimum Gasteiger partial charge on any atom is -0.388 e. The molecule has 2 aromatic rings. The predicted octanol–water partition coefficient (Wildman–Crippen LogP) is 4.46. The van der Waals surface area contributed by atoms with Crippen LogP contribution in [0.3, 0.4) is 0 Å². The molecule has 0 saturated heterocycles. The number of aliphatic hydroxyl groups is 1. The van der Waals surface area contributed by atoms with E-state index in [0.29, 0.717) is 17.3 Å². The molecular weight excluding hydrogens is 322 g/mol. The molecule has 18 heavy (non-hydrogen) atoms. The van der Waals surface area contributed by atoms with Crippen molar-refractivity contribution < 1.29 is 13.9 Å². The van der Waals surface area contributed by atoms with Crippen LogP contribution in [-0.4, -0.2) is 5.11 Å². The lowest BCUT2D eigenvalue weighted by molar-refractivity contribution is 0.158. The van der Waals surface area contributed by atoms with Crippen molar-refractivity contribution in [3.63, 3.8) is 0 Å². The number of rotatable bonds is 4. The maximum Gasteiger partial charge on any atom is 0.133 e. The van der Waals surface area contributed by atoms with Gasteiger partial charge in [-0.25, -0.2) is 8.78 Å². The van der Waals surface area contributed by atoms with Gasteiger partial charge in [-0.3, -0.25) is 0 Å². The summed E-state index contributed by atoms with van der Waals surface area (Å²) in [7, 11) is 0. The van der Waals surface area contributed by atoms with Crippen molar-refractivity contribution >= 4 is 27.3 Å². The molecule has 1 N–H and O–H groups in total. The van der Waals surface area contributed by atoms with E-state index >= 15 is 0 Å². The summed E-state index contributed by atoms with van der Waals surface area (Å²) in [4.78, 5) is 0. The fraction of sp³-hybridized carbons (Fsp3) is 0.231. The highest BCUT2D eigenvalue weighted by Gasteiger charge is 2.18. The van der Waals surface area contributed by atoms with Crippen LogP contribution >= 0.6 is 27.3 Å². The quantitative estimate of drug-likeness (QED) is 0.876. The first-order valence-electron chi connectivity index (χ1n) is 5.41. The molecule has 0 radical (unpaired) electrons. The zero-order valence-corrected chi connectivity index (χ0v) is 11.8. The van der Waals surface area contributed by atoms with Crippen molar-refractivity contribution in [1.29, 1.82) is 0 Å². The van der Waals surface area contributed by atoms with E-state index in [-0.39, 0.29) is 5.56 Å². The average molecular weight is 333 g/mol. The molecule has 0 amide bonds. The normalized spacial score (nSPS) is 12.7. The Morgan fingerprint density at radius 2 is 1.94 bits per heavy atom. The lowest BCUT2D eigenvalue weighted by atomic mass is 10.0. The smallest absolute Gasteiger partial charge is 0.133 e. The third-order valence-corrected chi connectivity index (χ3v) is 3.85. The van der Waals surface area contributed by atoms with Crippen LogP contribution in [-0.2, 0) is 6.42 Å². The van der Waals surface area contributed by atoms with Gasteiger partial charge in [-0.2, -0.15) is 11.3 Å². The van der Waals surface area contributed by atoms with Gasteiger partial charge in [0.1, 0.15) is 11.6 Å². The van der Waals surface area contributed by atoms with E-state index in [1.54, 1.807) is 11.3 Å². The number of halogens is 3. The average Bonchev–Trinajstić information content (AvgIpc) is 2.77. The fourth-order valence-corrected chi connectivity index (χ4v) is 2.86. The molecule has 1 atom stereocenters. The zero-order chi connectivity index (χ0) is 13.1. The molecule has 0 spiro atoms. The Kier molecular flexibility index (Phi) is 4.48. The lowest BCUT2D eigenvalue weighted by Crippen LogP contribution is -2.05. The van der Waals surface area contributed by atoms with Gasteiger partial charge in [0.05, 0.1) is 11.7 Å². The van der Waals surface area contributed by atoms with Crippen LogP contribution in [0.2, 0.25) is 0 Å². The first-order chi connectivity index (χ1) is 8.58. The summed E-state index contributed by atoms with van der Waals surface area (Å²) in [5.74, 6) is -1.45. The molecule has 1 nitrogen and oxygen atoms in total. The van der Waals surface area contributed by atoms with Gasteiger partial charge in [0, 0.05) is 4.47 Å². The number of aryl methyl sites for hydroxylation is 1. The highest BCUT2D eigenvalue weighted by atomic mass is 79.9. The molecular formula is C13H11BrF2OS. The van der Waals surface area contributed by atoms with Crippen molar-refractivity contribution in [3.8, 4) is 0 Å². The highest BCUT2D eigenvalue weighted by molar-refractivity contribution is 9.10. The van der Waals surface area contributed by atoms with Crippen LogP contribution < -0.4 is 0 Å². The van der Waals surface area contributed by atoms with E-state index in [0.717, 1.165) is 17.7 Å². The minimum absolute atomic E-state index is 0.256. The summed E-state index contributed by atoms with van der Waals surface area (Å²) in [6, 6.07) is 4.25. The molecule has 1 aromatic heterocycles. The SMILES string of the molecule is OC(CCc1ccsc1)c1c(F)cc(Br)cc1F. The summed E-state index contributed by atoms with van der Waals surface area (Å²) in [5.41, 5.74) is 0.811. The molecule has 2 rings (SSSR count). The Morgan fingerprint density at radius 1 is 1.28 bits per heavy atom.